The summed E-state index contributed by atoms with van der Waals surface area (Å²) in [6, 6.07) is 4.03. The molecule has 94 valence electrons. The average Bonchev–Trinajstić information content (AvgIpc) is 2.35. The van der Waals surface area contributed by atoms with E-state index in [2.05, 4.69) is 27.4 Å². The Bertz CT molecular complexity index is 379. The van der Waals surface area contributed by atoms with Crippen molar-refractivity contribution in [2.75, 3.05) is 33.0 Å². The van der Waals surface area contributed by atoms with Crippen LogP contribution in [0.15, 0.2) is 18.3 Å². The predicted molar refractivity (Wildman–Crippen MR) is 69.3 cm³/mol. The summed E-state index contributed by atoms with van der Waals surface area (Å²) in [4.78, 5) is 17.5. The fourth-order valence-corrected chi connectivity index (χ4v) is 1.24. The number of amides is 1. The first-order valence-electron chi connectivity index (χ1n) is 5.63. The number of rotatable bonds is 5. The van der Waals surface area contributed by atoms with E-state index in [0.29, 0.717) is 11.7 Å². The van der Waals surface area contributed by atoms with E-state index < -0.39 is 0 Å². The molecule has 0 saturated heterocycles. The number of likely N-dealkylation sites (N-methyl/N-ethyl adjacent to an activating group) is 1. The molecule has 0 aliphatic heterocycles. The van der Waals surface area contributed by atoms with Gasteiger partial charge in [-0.25, -0.2) is 0 Å². The number of nitrogens with one attached hydrogen (secondary N) is 2. The number of pyridine rings is 1. The number of aromatic nitrogens is 1. The lowest BCUT2D eigenvalue weighted by Crippen LogP contribution is -2.31. The minimum Gasteiger partial charge on any atom is -0.383 e. The molecule has 1 aromatic heterocycles. The van der Waals surface area contributed by atoms with Gasteiger partial charge in [0.05, 0.1) is 0 Å². The number of carbonyl (C=O) groups excluding carboxylic acids is 1. The van der Waals surface area contributed by atoms with Crippen LogP contribution in [-0.4, -0.2) is 49.5 Å². The quantitative estimate of drug-likeness (QED) is 0.794. The van der Waals surface area contributed by atoms with Gasteiger partial charge >= 0.3 is 0 Å². The minimum absolute atomic E-state index is 0.172. The smallest absolute Gasteiger partial charge is 0.269 e. The van der Waals surface area contributed by atoms with Gasteiger partial charge in [-0.2, -0.15) is 0 Å². The standard InChI is InChI=1S/C12H20N4O/c1-9(16(3)4)8-15-10-5-6-14-11(7-10)12(17)13-2/h5-7,9H,8H2,1-4H3,(H,13,17)(H,14,15). The highest BCUT2D eigenvalue weighted by atomic mass is 16.1. The maximum absolute atomic E-state index is 11.4. The number of hydrogen-bond acceptors (Lipinski definition) is 4. The lowest BCUT2D eigenvalue weighted by molar-refractivity contribution is 0.0958. The third-order valence-electron chi connectivity index (χ3n) is 2.70. The third-order valence-corrected chi connectivity index (χ3v) is 2.70. The Balaban J connectivity index is 2.63. The van der Waals surface area contributed by atoms with Crippen LogP contribution in [-0.2, 0) is 0 Å². The summed E-state index contributed by atoms with van der Waals surface area (Å²) in [5.74, 6) is -0.172. The molecule has 2 N–H and O–H groups in total. The molecule has 0 saturated carbocycles. The first kappa shape index (κ1) is 13.4. The molecule has 1 atom stereocenters. The second-order valence-electron chi connectivity index (χ2n) is 4.20. The molecule has 1 amide bonds. The summed E-state index contributed by atoms with van der Waals surface area (Å²) >= 11 is 0. The van der Waals surface area contributed by atoms with Gasteiger partial charge in [0.15, 0.2) is 0 Å². The lowest BCUT2D eigenvalue weighted by Gasteiger charge is -2.20. The van der Waals surface area contributed by atoms with Crippen LogP contribution in [0, 0.1) is 0 Å². The first-order valence-corrected chi connectivity index (χ1v) is 5.63. The predicted octanol–water partition coefficient (Wildman–Crippen LogP) is 0.803. The van der Waals surface area contributed by atoms with Gasteiger partial charge in [0, 0.05) is 31.5 Å². The third kappa shape index (κ3) is 4.03. The van der Waals surface area contributed by atoms with Crippen molar-refractivity contribution in [3.63, 3.8) is 0 Å². The van der Waals surface area contributed by atoms with Crippen molar-refractivity contribution in [2.45, 2.75) is 13.0 Å². The van der Waals surface area contributed by atoms with Crippen LogP contribution in [0.1, 0.15) is 17.4 Å². The largest absolute Gasteiger partial charge is 0.383 e. The molecule has 5 heteroatoms. The highest BCUT2D eigenvalue weighted by molar-refractivity contribution is 5.92. The molecular formula is C12H20N4O. The Labute approximate surface area is 102 Å². The van der Waals surface area contributed by atoms with Gasteiger partial charge < -0.3 is 15.5 Å². The summed E-state index contributed by atoms with van der Waals surface area (Å²) in [6.45, 7) is 2.96. The normalized spacial score (nSPS) is 12.3. The van der Waals surface area contributed by atoms with Gasteiger partial charge in [0.25, 0.3) is 5.91 Å². The number of carbonyl (C=O) groups is 1. The van der Waals surface area contributed by atoms with Crippen molar-refractivity contribution in [2.24, 2.45) is 0 Å². The molecule has 0 aliphatic rings. The van der Waals surface area contributed by atoms with Gasteiger partial charge in [0.2, 0.25) is 0 Å². The molecule has 0 spiro atoms. The van der Waals surface area contributed by atoms with Crippen molar-refractivity contribution in [3.8, 4) is 0 Å². The maximum atomic E-state index is 11.4. The summed E-state index contributed by atoms with van der Waals surface area (Å²) in [5.41, 5.74) is 1.34. The van der Waals surface area contributed by atoms with E-state index in [-0.39, 0.29) is 5.91 Å². The Hall–Kier alpha value is -1.62. The topological polar surface area (TPSA) is 57.3 Å². The van der Waals surface area contributed by atoms with E-state index in [1.54, 1.807) is 19.3 Å². The number of anilines is 1. The van der Waals surface area contributed by atoms with Gasteiger partial charge in [-0.05, 0) is 33.2 Å². The zero-order valence-electron chi connectivity index (χ0n) is 10.8. The maximum Gasteiger partial charge on any atom is 0.269 e. The molecular weight excluding hydrogens is 216 g/mol. The zero-order chi connectivity index (χ0) is 12.8. The second kappa shape index (κ2) is 6.20. The van der Waals surface area contributed by atoms with Crippen LogP contribution in [0.25, 0.3) is 0 Å². The Morgan fingerprint density at radius 3 is 2.82 bits per heavy atom. The minimum atomic E-state index is -0.172. The van der Waals surface area contributed by atoms with Crippen molar-refractivity contribution in [1.29, 1.82) is 0 Å². The van der Waals surface area contributed by atoms with Crippen LogP contribution in [0.3, 0.4) is 0 Å². The Morgan fingerprint density at radius 1 is 1.53 bits per heavy atom. The van der Waals surface area contributed by atoms with Crippen LogP contribution in [0.4, 0.5) is 5.69 Å². The molecule has 0 fully saturated rings. The van der Waals surface area contributed by atoms with Gasteiger partial charge in [-0.1, -0.05) is 0 Å². The van der Waals surface area contributed by atoms with Crippen molar-refractivity contribution in [1.82, 2.24) is 15.2 Å². The molecule has 0 bridgehead atoms. The summed E-state index contributed by atoms with van der Waals surface area (Å²) < 4.78 is 0. The molecule has 0 aliphatic carbocycles. The van der Waals surface area contributed by atoms with Crippen molar-refractivity contribution in [3.05, 3.63) is 24.0 Å². The van der Waals surface area contributed by atoms with Gasteiger partial charge in [0.1, 0.15) is 5.69 Å². The molecule has 1 aromatic rings. The molecule has 0 radical (unpaired) electrons. The summed E-state index contributed by atoms with van der Waals surface area (Å²) in [6.07, 6.45) is 1.63. The fourth-order valence-electron chi connectivity index (χ4n) is 1.24. The molecule has 17 heavy (non-hydrogen) atoms. The van der Waals surface area contributed by atoms with Crippen LogP contribution in [0.5, 0.6) is 0 Å². The second-order valence-corrected chi connectivity index (χ2v) is 4.20. The highest BCUT2D eigenvalue weighted by Crippen LogP contribution is 2.08. The van der Waals surface area contributed by atoms with E-state index in [0.717, 1.165) is 12.2 Å². The summed E-state index contributed by atoms with van der Waals surface area (Å²) in [7, 11) is 5.67. The van der Waals surface area contributed by atoms with E-state index in [1.807, 2.05) is 20.2 Å². The molecule has 1 unspecified atom stereocenters. The number of hydrogen-bond donors (Lipinski definition) is 2. The molecule has 0 aromatic carbocycles. The van der Waals surface area contributed by atoms with Crippen LogP contribution >= 0.6 is 0 Å². The zero-order valence-corrected chi connectivity index (χ0v) is 10.8. The first-order chi connectivity index (χ1) is 8.04. The lowest BCUT2D eigenvalue weighted by atomic mass is 10.2. The van der Waals surface area contributed by atoms with E-state index >= 15 is 0 Å². The monoisotopic (exact) mass is 236 g/mol. The number of nitrogens with zero attached hydrogens (tertiary/aromatic N) is 2. The molecule has 1 heterocycles. The molecule has 1 rings (SSSR count). The van der Waals surface area contributed by atoms with E-state index in [1.165, 1.54) is 0 Å². The van der Waals surface area contributed by atoms with Crippen molar-refractivity contribution >= 4 is 11.6 Å². The van der Waals surface area contributed by atoms with Crippen molar-refractivity contribution < 1.29 is 4.79 Å². The SMILES string of the molecule is CNC(=O)c1cc(NCC(C)N(C)C)ccn1. The van der Waals surface area contributed by atoms with E-state index in [4.69, 9.17) is 0 Å². The van der Waals surface area contributed by atoms with Gasteiger partial charge in [-0.15, -0.1) is 0 Å². The van der Waals surface area contributed by atoms with Gasteiger partial charge in [-0.3, -0.25) is 9.78 Å². The average molecular weight is 236 g/mol. The summed E-state index contributed by atoms with van der Waals surface area (Å²) in [5, 5.41) is 5.84. The molecule has 5 nitrogen and oxygen atoms in total. The fraction of sp³-hybridized carbons (Fsp3) is 0.500. The Kier molecular flexibility index (Phi) is 4.90. The highest BCUT2D eigenvalue weighted by Gasteiger charge is 2.07. The Morgan fingerprint density at radius 2 is 2.24 bits per heavy atom. The van der Waals surface area contributed by atoms with Crippen LogP contribution < -0.4 is 10.6 Å². The van der Waals surface area contributed by atoms with Crippen LogP contribution in [0.2, 0.25) is 0 Å². The van der Waals surface area contributed by atoms with E-state index in [9.17, 15) is 4.79 Å².